The number of aromatic nitrogens is 2. The number of hydrogen-bond donors (Lipinski definition) is 1. The molecule has 20 heavy (non-hydrogen) atoms. The zero-order valence-electron chi connectivity index (χ0n) is 10.9. The molecular formula is C14H15ClFN3O. The predicted molar refractivity (Wildman–Crippen MR) is 74.3 cm³/mol. The van der Waals surface area contributed by atoms with Crippen molar-refractivity contribution in [3.05, 3.63) is 52.8 Å². The van der Waals surface area contributed by atoms with E-state index < -0.39 is 5.82 Å². The summed E-state index contributed by atoms with van der Waals surface area (Å²) < 4.78 is 20.9. The molecule has 0 spiro atoms. The van der Waals surface area contributed by atoms with Crippen molar-refractivity contribution in [2.45, 2.75) is 12.6 Å². The van der Waals surface area contributed by atoms with Gasteiger partial charge in [-0.05, 0) is 17.7 Å². The van der Waals surface area contributed by atoms with Crippen LogP contribution < -0.4 is 5.32 Å². The first-order valence-electron chi connectivity index (χ1n) is 6.50. The van der Waals surface area contributed by atoms with E-state index in [-0.39, 0.29) is 11.1 Å². The monoisotopic (exact) mass is 295 g/mol. The minimum atomic E-state index is -0.402. The molecule has 3 rings (SSSR count). The van der Waals surface area contributed by atoms with E-state index in [1.807, 2.05) is 10.8 Å². The Morgan fingerprint density at radius 3 is 3.15 bits per heavy atom. The Balaban J connectivity index is 1.80. The van der Waals surface area contributed by atoms with Crippen LogP contribution in [-0.2, 0) is 11.3 Å². The van der Waals surface area contributed by atoms with Crippen LogP contribution in [0.4, 0.5) is 4.39 Å². The summed E-state index contributed by atoms with van der Waals surface area (Å²) in [5.74, 6) is -0.402. The number of halogens is 2. The Labute approximate surface area is 121 Å². The molecule has 1 aliphatic rings. The minimum Gasteiger partial charge on any atom is -0.369 e. The molecule has 1 aliphatic heterocycles. The van der Waals surface area contributed by atoms with Gasteiger partial charge >= 0.3 is 0 Å². The summed E-state index contributed by atoms with van der Waals surface area (Å²) >= 11 is 5.81. The van der Waals surface area contributed by atoms with E-state index in [1.54, 1.807) is 18.5 Å². The summed E-state index contributed by atoms with van der Waals surface area (Å²) in [4.78, 5) is 4.18. The fraction of sp³-hybridized carbons (Fsp3) is 0.357. The van der Waals surface area contributed by atoms with E-state index in [2.05, 4.69) is 10.3 Å². The molecule has 1 N–H and O–H groups in total. The molecule has 0 amide bonds. The molecule has 2 heterocycles. The highest BCUT2D eigenvalue weighted by Crippen LogP contribution is 2.21. The van der Waals surface area contributed by atoms with Crippen molar-refractivity contribution in [2.75, 3.05) is 19.7 Å². The highest BCUT2D eigenvalue weighted by Gasteiger charge is 2.19. The number of benzene rings is 1. The molecule has 1 fully saturated rings. The summed E-state index contributed by atoms with van der Waals surface area (Å²) in [5, 5.41) is 3.43. The van der Waals surface area contributed by atoms with Crippen LogP contribution in [-0.4, -0.2) is 29.2 Å². The van der Waals surface area contributed by atoms with Gasteiger partial charge in [0.2, 0.25) is 0 Å². The highest BCUT2D eigenvalue weighted by molar-refractivity contribution is 6.30. The van der Waals surface area contributed by atoms with E-state index >= 15 is 0 Å². The standard InChI is InChI=1S/C14H15ClFN3O/c15-11-5-10(1-2-12(11)16)8-19-9-18-6-13(19)14-7-17-3-4-20-14/h1-2,5-6,9,14,17H,3-4,7-8H2. The number of morpholine rings is 1. The van der Waals surface area contributed by atoms with Crippen molar-refractivity contribution in [1.82, 2.24) is 14.9 Å². The van der Waals surface area contributed by atoms with E-state index in [0.29, 0.717) is 13.2 Å². The Bertz CT molecular complexity index is 596. The van der Waals surface area contributed by atoms with Crippen LogP contribution in [0.15, 0.2) is 30.7 Å². The smallest absolute Gasteiger partial charge is 0.141 e. The molecule has 0 aliphatic carbocycles. The summed E-state index contributed by atoms with van der Waals surface area (Å²) in [6.07, 6.45) is 3.56. The van der Waals surface area contributed by atoms with Crippen LogP contribution in [0.5, 0.6) is 0 Å². The second-order valence-corrected chi connectivity index (χ2v) is 5.17. The molecule has 0 saturated carbocycles. The van der Waals surface area contributed by atoms with Crippen molar-refractivity contribution in [2.24, 2.45) is 0 Å². The summed E-state index contributed by atoms with van der Waals surface area (Å²) in [7, 11) is 0. The number of nitrogens with zero attached hydrogens (tertiary/aromatic N) is 2. The normalized spacial score (nSPS) is 19.2. The van der Waals surface area contributed by atoms with Crippen LogP contribution >= 0.6 is 11.6 Å². The number of nitrogens with one attached hydrogen (secondary N) is 1. The topological polar surface area (TPSA) is 39.1 Å². The van der Waals surface area contributed by atoms with Gasteiger partial charge in [-0.1, -0.05) is 17.7 Å². The van der Waals surface area contributed by atoms with Gasteiger partial charge in [0.25, 0.3) is 0 Å². The third-order valence-corrected chi connectivity index (χ3v) is 3.63. The Hall–Kier alpha value is -1.43. The maximum Gasteiger partial charge on any atom is 0.141 e. The molecule has 4 nitrogen and oxygen atoms in total. The first-order valence-corrected chi connectivity index (χ1v) is 6.88. The SMILES string of the molecule is Fc1ccc(Cn2cncc2C2CNCCO2)cc1Cl. The molecule has 0 bridgehead atoms. The molecule has 6 heteroatoms. The van der Waals surface area contributed by atoms with Gasteiger partial charge in [0.15, 0.2) is 0 Å². The van der Waals surface area contributed by atoms with Crippen LogP contribution in [0, 0.1) is 5.82 Å². The molecule has 2 aromatic rings. The fourth-order valence-corrected chi connectivity index (χ4v) is 2.52. The Kier molecular flexibility index (Phi) is 4.00. The average Bonchev–Trinajstić information content (AvgIpc) is 2.92. The van der Waals surface area contributed by atoms with Gasteiger partial charge in [-0.3, -0.25) is 0 Å². The fourth-order valence-electron chi connectivity index (χ4n) is 2.32. The zero-order valence-corrected chi connectivity index (χ0v) is 11.6. The quantitative estimate of drug-likeness (QED) is 0.945. The molecule has 106 valence electrons. The second-order valence-electron chi connectivity index (χ2n) is 4.76. The average molecular weight is 296 g/mol. The number of imidazole rings is 1. The maximum absolute atomic E-state index is 13.2. The highest BCUT2D eigenvalue weighted by atomic mass is 35.5. The third kappa shape index (κ3) is 2.85. The molecular weight excluding hydrogens is 281 g/mol. The molecule has 1 saturated heterocycles. The van der Waals surface area contributed by atoms with Gasteiger partial charge in [0.1, 0.15) is 11.9 Å². The van der Waals surface area contributed by atoms with Crippen molar-refractivity contribution < 1.29 is 9.13 Å². The van der Waals surface area contributed by atoms with E-state index in [9.17, 15) is 4.39 Å². The zero-order chi connectivity index (χ0) is 13.9. The van der Waals surface area contributed by atoms with Crippen molar-refractivity contribution in [1.29, 1.82) is 0 Å². The van der Waals surface area contributed by atoms with E-state index in [0.717, 1.165) is 24.3 Å². The van der Waals surface area contributed by atoms with Gasteiger partial charge in [-0.25, -0.2) is 9.37 Å². The lowest BCUT2D eigenvalue weighted by molar-refractivity contribution is 0.0230. The Morgan fingerprint density at radius 1 is 1.50 bits per heavy atom. The number of hydrogen-bond acceptors (Lipinski definition) is 3. The van der Waals surface area contributed by atoms with E-state index in [4.69, 9.17) is 16.3 Å². The molecule has 1 atom stereocenters. The lowest BCUT2D eigenvalue weighted by Crippen LogP contribution is -2.34. The Morgan fingerprint density at radius 2 is 2.40 bits per heavy atom. The third-order valence-electron chi connectivity index (χ3n) is 3.34. The van der Waals surface area contributed by atoms with Crippen molar-refractivity contribution in [3.63, 3.8) is 0 Å². The maximum atomic E-state index is 13.2. The van der Waals surface area contributed by atoms with Crippen LogP contribution in [0.1, 0.15) is 17.4 Å². The van der Waals surface area contributed by atoms with Gasteiger partial charge in [0.05, 0.1) is 29.8 Å². The van der Waals surface area contributed by atoms with Crippen LogP contribution in [0.25, 0.3) is 0 Å². The van der Waals surface area contributed by atoms with Crippen LogP contribution in [0.3, 0.4) is 0 Å². The first-order chi connectivity index (χ1) is 9.74. The predicted octanol–water partition coefficient (Wildman–Crippen LogP) is 2.38. The molecule has 1 unspecified atom stereocenters. The largest absolute Gasteiger partial charge is 0.369 e. The summed E-state index contributed by atoms with van der Waals surface area (Å²) in [5.41, 5.74) is 1.94. The molecule has 1 aromatic carbocycles. The van der Waals surface area contributed by atoms with Crippen molar-refractivity contribution >= 4 is 11.6 Å². The minimum absolute atomic E-state index is 0.00201. The van der Waals surface area contributed by atoms with Gasteiger partial charge in [0, 0.05) is 19.6 Å². The lowest BCUT2D eigenvalue weighted by Gasteiger charge is -2.24. The molecule has 1 aromatic heterocycles. The van der Waals surface area contributed by atoms with Gasteiger partial charge in [-0.15, -0.1) is 0 Å². The van der Waals surface area contributed by atoms with Gasteiger partial charge in [-0.2, -0.15) is 0 Å². The molecule has 0 radical (unpaired) electrons. The van der Waals surface area contributed by atoms with Gasteiger partial charge < -0.3 is 14.6 Å². The second kappa shape index (κ2) is 5.91. The lowest BCUT2D eigenvalue weighted by atomic mass is 10.2. The number of rotatable bonds is 3. The van der Waals surface area contributed by atoms with Crippen molar-refractivity contribution in [3.8, 4) is 0 Å². The summed E-state index contributed by atoms with van der Waals surface area (Å²) in [6.45, 7) is 2.93. The number of ether oxygens (including phenoxy) is 1. The first kappa shape index (κ1) is 13.5. The summed E-state index contributed by atoms with van der Waals surface area (Å²) in [6, 6.07) is 4.75. The van der Waals surface area contributed by atoms with Crippen LogP contribution in [0.2, 0.25) is 5.02 Å². The van der Waals surface area contributed by atoms with E-state index in [1.165, 1.54) is 6.07 Å².